The van der Waals surface area contributed by atoms with E-state index in [1.165, 1.54) is 48.8 Å². The fraction of sp³-hybridized carbons (Fsp3) is 0.579. The first-order chi connectivity index (χ1) is 9.24. The highest BCUT2D eigenvalue weighted by molar-refractivity contribution is 5.41. The van der Waals surface area contributed by atoms with Crippen molar-refractivity contribution < 1.29 is 0 Å². The molecule has 0 saturated heterocycles. The van der Waals surface area contributed by atoms with Crippen LogP contribution in [0.2, 0.25) is 0 Å². The third-order valence-electron chi connectivity index (χ3n) is 3.22. The van der Waals surface area contributed by atoms with Crippen molar-refractivity contribution in [2.45, 2.75) is 72.1 Å². The molecule has 0 aliphatic heterocycles. The van der Waals surface area contributed by atoms with E-state index < -0.39 is 0 Å². The summed E-state index contributed by atoms with van der Waals surface area (Å²) in [6, 6.07) is 0. The summed E-state index contributed by atoms with van der Waals surface area (Å²) in [4.78, 5) is 0. The van der Waals surface area contributed by atoms with Crippen LogP contribution < -0.4 is 0 Å². The maximum Gasteiger partial charge on any atom is 0.00923 e. The van der Waals surface area contributed by atoms with Crippen LogP contribution >= 0.6 is 0 Å². The van der Waals surface area contributed by atoms with Crippen LogP contribution in [-0.2, 0) is 0 Å². The van der Waals surface area contributed by atoms with Crippen LogP contribution in [0.25, 0.3) is 0 Å². The fourth-order valence-corrected chi connectivity index (χ4v) is 2.15. The van der Waals surface area contributed by atoms with Crippen LogP contribution in [0.5, 0.6) is 0 Å². The minimum absolute atomic E-state index is 1.05. The topological polar surface area (TPSA) is 0 Å². The second-order valence-corrected chi connectivity index (χ2v) is 5.38. The molecule has 0 heteroatoms. The summed E-state index contributed by atoms with van der Waals surface area (Å²) >= 11 is 0. The number of hydrogen-bond donors (Lipinski definition) is 0. The molecule has 0 nitrogen and oxygen atoms in total. The van der Waals surface area contributed by atoms with E-state index in [0.29, 0.717) is 0 Å². The van der Waals surface area contributed by atoms with E-state index in [1.54, 1.807) is 0 Å². The predicted molar refractivity (Wildman–Crippen MR) is 83.9 cm³/mol. The first-order valence-electron chi connectivity index (χ1n) is 7.60. The monoisotopic (exact) mass is 254 g/mol. The molecule has 1 aliphatic carbocycles. The van der Waals surface area contributed by atoms with Gasteiger partial charge in [-0.25, -0.2) is 0 Å². The van der Waals surface area contributed by atoms with E-state index in [-0.39, 0.29) is 0 Å². The Morgan fingerprint density at radius 2 is 2.00 bits per heavy atom. The molecule has 0 N–H and O–H groups in total. The Kier molecular flexibility index (Phi) is 7.84. The molecule has 0 heterocycles. The van der Waals surface area contributed by atoms with E-state index in [2.05, 4.69) is 36.3 Å². The van der Waals surface area contributed by atoms with E-state index in [0.717, 1.165) is 19.3 Å². The molecule has 19 heavy (non-hydrogen) atoms. The summed E-state index contributed by atoms with van der Waals surface area (Å²) in [7, 11) is 0. The molecule has 0 spiro atoms. The molecule has 1 aliphatic rings. The standard InChI is InChI=1S/C19H26/c1-4-5-6-7-8-9-13-18-15-11-16-19(18)14-10-12-17(2)3/h14H,4-8,11,15-16H2,1-3H3. The first kappa shape index (κ1) is 15.7. The highest BCUT2D eigenvalue weighted by Crippen LogP contribution is 2.26. The molecule has 0 bridgehead atoms. The average Bonchev–Trinajstić information content (AvgIpc) is 2.81. The van der Waals surface area contributed by atoms with Crippen molar-refractivity contribution >= 4 is 0 Å². The molecule has 0 radical (unpaired) electrons. The molecule has 0 aromatic rings. The van der Waals surface area contributed by atoms with Gasteiger partial charge in [0.1, 0.15) is 0 Å². The SMILES string of the molecule is CCCCCCC#CC1=C(C=C=C=C(C)C)CCC1. The van der Waals surface area contributed by atoms with Crippen LogP contribution in [0.15, 0.2) is 34.3 Å². The minimum Gasteiger partial charge on any atom is -0.0982 e. The van der Waals surface area contributed by atoms with Crippen molar-refractivity contribution in [3.05, 3.63) is 34.3 Å². The molecule has 0 aromatic heterocycles. The van der Waals surface area contributed by atoms with Gasteiger partial charge in [0, 0.05) is 12.0 Å². The van der Waals surface area contributed by atoms with Crippen molar-refractivity contribution in [3.8, 4) is 11.8 Å². The molecule has 102 valence electrons. The lowest BCUT2D eigenvalue weighted by Gasteiger charge is -1.93. The largest absolute Gasteiger partial charge is 0.0982 e. The molecule has 0 aromatic carbocycles. The summed E-state index contributed by atoms with van der Waals surface area (Å²) in [6.45, 7) is 6.33. The number of hydrogen-bond acceptors (Lipinski definition) is 0. The van der Waals surface area contributed by atoms with Gasteiger partial charge >= 0.3 is 0 Å². The quantitative estimate of drug-likeness (QED) is 0.334. The average molecular weight is 254 g/mol. The zero-order valence-electron chi connectivity index (χ0n) is 12.7. The highest BCUT2D eigenvalue weighted by atomic mass is 14.1. The van der Waals surface area contributed by atoms with Gasteiger partial charge in [0.25, 0.3) is 0 Å². The Bertz CT molecular complexity index is 460. The van der Waals surface area contributed by atoms with Crippen molar-refractivity contribution in [1.82, 2.24) is 0 Å². The Morgan fingerprint density at radius 3 is 2.74 bits per heavy atom. The van der Waals surface area contributed by atoms with Gasteiger partial charge in [-0.15, -0.1) is 0 Å². The summed E-state index contributed by atoms with van der Waals surface area (Å²) in [5.74, 6) is 6.70. The van der Waals surface area contributed by atoms with Crippen molar-refractivity contribution in [2.75, 3.05) is 0 Å². The molecule has 0 unspecified atom stereocenters. The van der Waals surface area contributed by atoms with Gasteiger partial charge in [-0.05, 0) is 56.8 Å². The molecular weight excluding hydrogens is 228 g/mol. The number of allylic oxidation sites excluding steroid dienone is 4. The Labute approximate surface area is 119 Å². The lowest BCUT2D eigenvalue weighted by atomic mass is 10.1. The normalized spacial score (nSPS) is 13.4. The van der Waals surface area contributed by atoms with Gasteiger partial charge in [0.2, 0.25) is 0 Å². The lowest BCUT2D eigenvalue weighted by molar-refractivity contribution is 0.679. The molecule has 1 rings (SSSR count). The second-order valence-electron chi connectivity index (χ2n) is 5.38. The van der Waals surface area contributed by atoms with Crippen LogP contribution in [0, 0.1) is 11.8 Å². The van der Waals surface area contributed by atoms with E-state index >= 15 is 0 Å². The smallest absolute Gasteiger partial charge is 0.00923 e. The third-order valence-corrected chi connectivity index (χ3v) is 3.22. The summed E-state index contributed by atoms with van der Waals surface area (Å²) in [5.41, 5.74) is 10.1. The van der Waals surface area contributed by atoms with Crippen molar-refractivity contribution in [3.63, 3.8) is 0 Å². The Balaban J connectivity index is 2.57. The molecule has 0 amide bonds. The van der Waals surface area contributed by atoms with Crippen LogP contribution in [-0.4, -0.2) is 0 Å². The number of rotatable bonds is 5. The van der Waals surface area contributed by atoms with Gasteiger partial charge in [-0.1, -0.05) is 49.5 Å². The third kappa shape index (κ3) is 6.93. The lowest BCUT2D eigenvalue weighted by Crippen LogP contribution is -1.77. The van der Waals surface area contributed by atoms with Crippen molar-refractivity contribution in [1.29, 1.82) is 0 Å². The number of unbranched alkanes of at least 4 members (excludes halogenated alkanes) is 4. The minimum atomic E-state index is 1.05. The van der Waals surface area contributed by atoms with Crippen molar-refractivity contribution in [2.24, 2.45) is 0 Å². The summed E-state index contributed by atoms with van der Waals surface area (Å²) < 4.78 is 0. The maximum atomic E-state index is 3.37. The van der Waals surface area contributed by atoms with Gasteiger partial charge in [0.15, 0.2) is 0 Å². The van der Waals surface area contributed by atoms with E-state index in [4.69, 9.17) is 0 Å². The molecule has 0 atom stereocenters. The molecular formula is C19H26. The van der Waals surface area contributed by atoms with Crippen LogP contribution in [0.1, 0.15) is 72.1 Å². The predicted octanol–water partition coefficient (Wildman–Crippen LogP) is 5.72. The Morgan fingerprint density at radius 1 is 1.16 bits per heavy atom. The zero-order chi connectivity index (χ0) is 13.9. The zero-order valence-corrected chi connectivity index (χ0v) is 12.7. The van der Waals surface area contributed by atoms with E-state index in [9.17, 15) is 0 Å². The fourth-order valence-electron chi connectivity index (χ4n) is 2.15. The van der Waals surface area contributed by atoms with Crippen LogP contribution in [0.4, 0.5) is 0 Å². The maximum absolute atomic E-state index is 3.37. The van der Waals surface area contributed by atoms with Gasteiger partial charge < -0.3 is 0 Å². The summed E-state index contributed by atoms with van der Waals surface area (Å²) in [6.07, 6.45) is 11.8. The molecule has 0 saturated carbocycles. The first-order valence-corrected chi connectivity index (χ1v) is 7.60. The van der Waals surface area contributed by atoms with Crippen LogP contribution in [0.3, 0.4) is 0 Å². The van der Waals surface area contributed by atoms with Gasteiger partial charge in [-0.3, -0.25) is 0 Å². The summed E-state index contributed by atoms with van der Waals surface area (Å²) in [5, 5.41) is 0. The molecule has 0 fully saturated rings. The van der Waals surface area contributed by atoms with Gasteiger partial charge in [-0.2, -0.15) is 0 Å². The highest BCUT2D eigenvalue weighted by Gasteiger charge is 2.09. The van der Waals surface area contributed by atoms with Gasteiger partial charge in [0.05, 0.1) is 0 Å². The Hall–Kier alpha value is -1.40. The van der Waals surface area contributed by atoms with E-state index in [1.807, 2.05) is 13.8 Å². The second kappa shape index (κ2) is 9.52.